The zero-order valence-corrected chi connectivity index (χ0v) is 17.5. The minimum absolute atomic E-state index is 0. The summed E-state index contributed by atoms with van der Waals surface area (Å²) in [6.45, 7) is 14.0. The monoisotopic (exact) mass is 355 g/mol. The summed E-state index contributed by atoms with van der Waals surface area (Å²) in [6, 6.07) is 0. The molecule has 0 bridgehead atoms. The Hall–Kier alpha value is 0.509. The average molecular weight is 356 g/mol. The highest BCUT2D eigenvalue weighted by Crippen LogP contribution is 2.04. The molecule has 0 aliphatic rings. The molecule has 0 saturated carbocycles. The molecule has 2 atom stereocenters. The van der Waals surface area contributed by atoms with E-state index in [0.717, 1.165) is 12.8 Å². The second kappa shape index (κ2) is 21.5. The van der Waals surface area contributed by atoms with Crippen LogP contribution in [0.5, 0.6) is 0 Å². The van der Waals surface area contributed by atoms with E-state index in [4.69, 9.17) is 23.5 Å². The maximum Gasteiger partial charge on any atom is 0.676 e. The summed E-state index contributed by atoms with van der Waals surface area (Å²) in [5.74, 6) is 0. The first kappa shape index (κ1) is 30.4. The van der Waals surface area contributed by atoms with Gasteiger partial charge in [0.15, 0.2) is 0 Å². The Morgan fingerprint density at radius 1 is 0.727 bits per heavy atom. The Labute approximate surface area is 148 Å². The second-order valence-electron chi connectivity index (χ2n) is 4.34. The van der Waals surface area contributed by atoms with Crippen molar-refractivity contribution in [3.63, 3.8) is 0 Å². The van der Waals surface area contributed by atoms with Crippen LogP contribution in [0.2, 0.25) is 0 Å². The summed E-state index contributed by atoms with van der Waals surface area (Å²) < 4.78 is 14.9. The smallest absolute Gasteiger partial charge is 0.393 e. The molecule has 0 aromatic carbocycles. The molecule has 0 aromatic rings. The van der Waals surface area contributed by atoms with Gasteiger partial charge in [0.1, 0.15) is 0 Å². The Morgan fingerprint density at radius 2 is 0.909 bits per heavy atom. The van der Waals surface area contributed by atoms with E-state index >= 15 is 0 Å². The van der Waals surface area contributed by atoms with Crippen molar-refractivity contribution in [1.82, 2.24) is 0 Å². The quantitative estimate of drug-likeness (QED) is 0.574. The van der Waals surface area contributed by atoms with Crippen molar-refractivity contribution in [3.8, 4) is 0 Å². The van der Waals surface area contributed by atoms with Crippen molar-refractivity contribution in [1.29, 1.82) is 0 Å². The molecule has 0 rings (SSSR count). The van der Waals surface area contributed by atoms with Crippen LogP contribution in [-0.2, 0) is 13.3 Å². The van der Waals surface area contributed by atoms with Crippen LogP contribution in [0.1, 0.15) is 61.3 Å². The predicted molar refractivity (Wildman–Crippen MR) is 92.5 cm³/mol. The molecular weight excluding hydrogens is 319 g/mol. The zero-order chi connectivity index (χ0) is 17.3. The summed E-state index contributed by atoms with van der Waals surface area (Å²) in [7, 11) is -3.25. The molecular formula is C14H36AlO6Si. The minimum Gasteiger partial charge on any atom is -0.393 e. The number of hydrogen-bond donors (Lipinski definition) is 3. The van der Waals surface area contributed by atoms with E-state index in [1.165, 1.54) is 0 Å². The maximum atomic E-state index is 9.48. The third kappa shape index (κ3) is 28.6. The van der Waals surface area contributed by atoms with E-state index < -0.39 is 9.05 Å². The van der Waals surface area contributed by atoms with Crippen molar-refractivity contribution in [2.45, 2.75) is 73.5 Å². The summed E-state index contributed by atoms with van der Waals surface area (Å²) >= 11 is 0. The number of rotatable bonds is 8. The van der Waals surface area contributed by atoms with Gasteiger partial charge in [-0.05, 0) is 47.5 Å². The molecule has 0 saturated heterocycles. The number of hydrogen-bond acceptors (Lipinski definition) is 6. The number of aliphatic hydroxyl groups excluding tert-OH is 2. The first-order valence-electron chi connectivity index (χ1n) is 7.73. The molecule has 0 aliphatic heterocycles. The van der Waals surface area contributed by atoms with Crippen LogP contribution < -0.4 is 0 Å². The van der Waals surface area contributed by atoms with E-state index in [2.05, 4.69) is 0 Å². The van der Waals surface area contributed by atoms with Crippen molar-refractivity contribution in [2.24, 2.45) is 0 Å². The van der Waals surface area contributed by atoms with Gasteiger partial charge in [-0.3, -0.25) is 0 Å². The summed E-state index contributed by atoms with van der Waals surface area (Å²) in [6.07, 6.45) is 1.49. The molecule has 135 valence electrons. The molecule has 0 spiro atoms. The van der Waals surface area contributed by atoms with Crippen molar-refractivity contribution < 1.29 is 28.3 Å². The van der Waals surface area contributed by atoms with Gasteiger partial charge in [0.25, 0.3) is 0 Å². The summed E-state index contributed by atoms with van der Waals surface area (Å²) in [4.78, 5) is 9.48. The van der Waals surface area contributed by atoms with E-state index in [1.807, 2.05) is 13.8 Å². The first-order chi connectivity index (χ1) is 9.72. The minimum atomic E-state index is -3.25. The molecule has 6 nitrogen and oxygen atoms in total. The topological polar surface area (TPSA) is 88.4 Å². The van der Waals surface area contributed by atoms with Gasteiger partial charge in [-0.1, -0.05) is 13.8 Å². The Kier molecular flexibility index (Phi) is 29.7. The van der Waals surface area contributed by atoms with Crippen LogP contribution in [0.15, 0.2) is 0 Å². The third-order valence-corrected chi connectivity index (χ3v) is 4.12. The van der Waals surface area contributed by atoms with E-state index in [-0.39, 0.29) is 29.6 Å². The molecule has 0 aromatic heterocycles. The molecule has 0 fully saturated rings. The zero-order valence-electron chi connectivity index (χ0n) is 15.3. The van der Waals surface area contributed by atoms with Gasteiger partial charge in [0, 0.05) is 37.2 Å². The average Bonchev–Trinajstić information content (AvgIpc) is 2.40. The van der Waals surface area contributed by atoms with Gasteiger partial charge in [0.05, 0.1) is 12.2 Å². The molecule has 0 heterocycles. The summed E-state index contributed by atoms with van der Waals surface area (Å²) in [5.41, 5.74) is 0. The molecule has 0 aliphatic carbocycles. The highest BCUT2D eigenvalue weighted by Gasteiger charge is 2.39. The predicted octanol–water partition coefficient (Wildman–Crippen LogP) is 1.70. The molecule has 2 unspecified atom stereocenters. The molecule has 3 N–H and O–H groups in total. The van der Waals surface area contributed by atoms with Gasteiger partial charge in [-0.25, -0.2) is 0 Å². The Balaban J connectivity index is -0.000000124. The van der Waals surface area contributed by atoms with Crippen LogP contribution in [0.3, 0.4) is 0 Å². The van der Waals surface area contributed by atoms with Crippen molar-refractivity contribution >= 4 is 26.4 Å². The standard InChI is InChI=1S/C6H16O4Si.2C4H10O.Al/c1-4-8-11(7,9-5-2)10-6-3;2*1-3-4(2)5;/h7H,4-6H2,1-3H3;2*4-5H,3H2,1-2H3;. The van der Waals surface area contributed by atoms with Crippen LogP contribution in [-0.4, -0.2) is 73.4 Å². The molecule has 3 radical (unpaired) electrons. The van der Waals surface area contributed by atoms with E-state index in [1.54, 1.807) is 34.6 Å². The van der Waals surface area contributed by atoms with Crippen molar-refractivity contribution in [3.05, 3.63) is 0 Å². The fourth-order valence-corrected chi connectivity index (χ4v) is 2.02. The fourth-order valence-electron chi connectivity index (χ4n) is 0.672. The highest BCUT2D eigenvalue weighted by atomic mass is 28.4. The lowest BCUT2D eigenvalue weighted by Crippen LogP contribution is -2.46. The lowest BCUT2D eigenvalue weighted by molar-refractivity contribution is 0.00146. The van der Waals surface area contributed by atoms with Gasteiger partial charge in [0.2, 0.25) is 0 Å². The maximum absolute atomic E-state index is 9.48. The molecule has 8 heteroatoms. The fraction of sp³-hybridized carbons (Fsp3) is 1.00. The Morgan fingerprint density at radius 3 is 1.00 bits per heavy atom. The van der Waals surface area contributed by atoms with Crippen LogP contribution in [0.25, 0.3) is 0 Å². The molecule has 0 amide bonds. The van der Waals surface area contributed by atoms with Gasteiger partial charge >= 0.3 is 9.05 Å². The molecule has 22 heavy (non-hydrogen) atoms. The number of aliphatic hydroxyl groups is 2. The third-order valence-electron chi connectivity index (χ3n) is 2.16. The van der Waals surface area contributed by atoms with E-state index in [9.17, 15) is 4.80 Å². The summed E-state index contributed by atoms with van der Waals surface area (Å²) in [5, 5.41) is 16.7. The Bertz CT molecular complexity index is 171. The highest BCUT2D eigenvalue weighted by molar-refractivity contribution is 6.51. The van der Waals surface area contributed by atoms with Gasteiger partial charge < -0.3 is 28.3 Å². The lowest BCUT2D eigenvalue weighted by Gasteiger charge is -2.20. The van der Waals surface area contributed by atoms with Crippen LogP contribution in [0.4, 0.5) is 0 Å². The first-order valence-corrected chi connectivity index (χ1v) is 9.40. The van der Waals surface area contributed by atoms with Gasteiger partial charge in [-0.15, -0.1) is 0 Å². The van der Waals surface area contributed by atoms with E-state index in [0.29, 0.717) is 19.8 Å². The largest absolute Gasteiger partial charge is 0.676 e. The van der Waals surface area contributed by atoms with Crippen LogP contribution in [0, 0.1) is 0 Å². The van der Waals surface area contributed by atoms with Crippen molar-refractivity contribution in [2.75, 3.05) is 19.8 Å². The SMILES string of the molecule is CCC(C)O.CCC(C)O.CCO[Si](O)(OCC)OCC.[Al]. The second-order valence-corrected chi connectivity index (χ2v) is 6.25. The normalized spacial score (nSPS) is 12.8. The van der Waals surface area contributed by atoms with Gasteiger partial charge in [-0.2, -0.15) is 0 Å². The lowest BCUT2D eigenvalue weighted by atomic mass is 10.3. The van der Waals surface area contributed by atoms with Crippen LogP contribution >= 0.6 is 0 Å².